The number of carbonyl (C=O) groups excluding carboxylic acids is 1. The van der Waals surface area contributed by atoms with Crippen molar-refractivity contribution in [2.24, 2.45) is 0 Å². The zero-order valence-corrected chi connectivity index (χ0v) is 12.6. The van der Waals surface area contributed by atoms with E-state index >= 15 is 0 Å². The zero-order chi connectivity index (χ0) is 15.2. The van der Waals surface area contributed by atoms with Gasteiger partial charge >= 0.3 is 0 Å². The fourth-order valence-electron chi connectivity index (χ4n) is 1.87. The van der Waals surface area contributed by atoms with Gasteiger partial charge in [0.2, 0.25) is 5.91 Å². The summed E-state index contributed by atoms with van der Waals surface area (Å²) < 4.78 is 5.61. The Balaban J connectivity index is 1.77. The molecular formula is C15H20N4O2. The summed E-state index contributed by atoms with van der Waals surface area (Å²) in [5.74, 6) is 1.47. The molecule has 0 saturated carbocycles. The van der Waals surface area contributed by atoms with Crippen molar-refractivity contribution >= 4 is 5.91 Å². The molecule has 1 amide bonds. The predicted octanol–water partition coefficient (Wildman–Crippen LogP) is 1.85. The highest BCUT2D eigenvalue weighted by Gasteiger charge is 2.10. The largest absolute Gasteiger partial charge is 0.493 e. The van der Waals surface area contributed by atoms with Crippen LogP contribution in [0.4, 0.5) is 0 Å². The van der Waals surface area contributed by atoms with Gasteiger partial charge in [-0.05, 0) is 37.1 Å². The molecule has 112 valence electrons. The third-order valence-corrected chi connectivity index (χ3v) is 3.34. The van der Waals surface area contributed by atoms with Crippen LogP contribution < -0.4 is 4.74 Å². The summed E-state index contributed by atoms with van der Waals surface area (Å²) in [5, 5.41) is 6.48. The summed E-state index contributed by atoms with van der Waals surface area (Å²) in [6.07, 6.45) is 1.76. The van der Waals surface area contributed by atoms with Gasteiger partial charge in [-0.2, -0.15) is 5.10 Å². The van der Waals surface area contributed by atoms with E-state index in [1.54, 1.807) is 11.9 Å². The highest BCUT2D eigenvalue weighted by atomic mass is 16.5. The number of ether oxygens (including phenoxy) is 1. The van der Waals surface area contributed by atoms with E-state index in [4.69, 9.17) is 4.74 Å². The van der Waals surface area contributed by atoms with Gasteiger partial charge in [0.1, 0.15) is 17.9 Å². The van der Waals surface area contributed by atoms with Gasteiger partial charge in [-0.25, -0.2) is 4.98 Å². The van der Waals surface area contributed by atoms with Crippen molar-refractivity contribution in [2.75, 3.05) is 13.7 Å². The molecule has 0 fully saturated rings. The molecule has 0 radical (unpaired) electrons. The van der Waals surface area contributed by atoms with Gasteiger partial charge in [0, 0.05) is 7.05 Å². The maximum absolute atomic E-state index is 12.0. The molecule has 21 heavy (non-hydrogen) atoms. The van der Waals surface area contributed by atoms with E-state index in [0.717, 1.165) is 5.75 Å². The van der Waals surface area contributed by atoms with Crippen molar-refractivity contribution in [1.82, 2.24) is 20.1 Å². The Morgan fingerprint density at radius 3 is 2.81 bits per heavy atom. The minimum Gasteiger partial charge on any atom is -0.493 e. The lowest BCUT2D eigenvalue weighted by molar-refractivity contribution is -0.131. The number of nitrogens with one attached hydrogen (secondary N) is 1. The second-order valence-corrected chi connectivity index (χ2v) is 5.03. The molecule has 0 atom stereocenters. The molecule has 1 aromatic heterocycles. The van der Waals surface area contributed by atoms with Crippen LogP contribution in [0, 0.1) is 13.8 Å². The molecule has 0 bridgehead atoms. The van der Waals surface area contributed by atoms with E-state index in [1.807, 2.05) is 25.1 Å². The first kappa shape index (κ1) is 15.0. The molecule has 6 nitrogen and oxygen atoms in total. The maximum atomic E-state index is 12.0. The van der Waals surface area contributed by atoms with E-state index in [2.05, 4.69) is 22.1 Å². The van der Waals surface area contributed by atoms with E-state index in [9.17, 15) is 4.79 Å². The Bertz CT molecular complexity index is 596. The molecule has 0 aliphatic heterocycles. The summed E-state index contributed by atoms with van der Waals surface area (Å²) in [6, 6.07) is 5.92. The van der Waals surface area contributed by atoms with E-state index in [1.165, 1.54) is 17.5 Å². The summed E-state index contributed by atoms with van der Waals surface area (Å²) in [6.45, 7) is 4.88. The van der Waals surface area contributed by atoms with E-state index < -0.39 is 0 Å². The fourth-order valence-corrected chi connectivity index (χ4v) is 1.87. The first-order valence-electron chi connectivity index (χ1n) is 6.84. The minimum atomic E-state index is 0.00948. The molecular weight excluding hydrogens is 268 g/mol. The van der Waals surface area contributed by atoms with Gasteiger partial charge in [0.15, 0.2) is 0 Å². The predicted molar refractivity (Wildman–Crippen MR) is 78.9 cm³/mol. The Morgan fingerprint density at radius 2 is 2.14 bits per heavy atom. The van der Waals surface area contributed by atoms with Crippen LogP contribution in [-0.2, 0) is 11.3 Å². The van der Waals surface area contributed by atoms with Crippen molar-refractivity contribution in [3.05, 3.63) is 41.5 Å². The Morgan fingerprint density at radius 1 is 1.33 bits per heavy atom. The van der Waals surface area contributed by atoms with Crippen molar-refractivity contribution in [1.29, 1.82) is 0 Å². The average molecular weight is 288 g/mol. The summed E-state index contributed by atoms with van der Waals surface area (Å²) >= 11 is 0. The van der Waals surface area contributed by atoms with Crippen LogP contribution in [0.5, 0.6) is 5.75 Å². The van der Waals surface area contributed by atoms with Crippen LogP contribution in [0.3, 0.4) is 0 Å². The molecule has 0 unspecified atom stereocenters. The van der Waals surface area contributed by atoms with Crippen LogP contribution in [0.25, 0.3) is 0 Å². The number of aryl methyl sites for hydroxylation is 2. The fraction of sp³-hybridized carbons (Fsp3) is 0.400. The zero-order valence-electron chi connectivity index (χ0n) is 12.6. The number of carbonyl (C=O) groups is 1. The molecule has 2 rings (SSSR count). The van der Waals surface area contributed by atoms with Crippen molar-refractivity contribution in [3.8, 4) is 5.75 Å². The molecule has 0 aliphatic rings. The monoisotopic (exact) mass is 288 g/mol. The quantitative estimate of drug-likeness (QED) is 0.880. The first-order valence-corrected chi connectivity index (χ1v) is 6.84. The molecule has 2 aromatic rings. The lowest BCUT2D eigenvalue weighted by atomic mass is 10.1. The molecule has 0 spiro atoms. The number of aromatic amines is 1. The molecule has 0 aliphatic carbocycles. The second-order valence-electron chi connectivity index (χ2n) is 5.03. The van der Waals surface area contributed by atoms with Crippen molar-refractivity contribution < 1.29 is 9.53 Å². The number of aromatic nitrogens is 3. The lowest BCUT2D eigenvalue weighted by Gasteiger charge is -2.15. The van der Waals surface area contributed by atoms with E-state index in [0.29, 0.717) is 25.4 Å². The number of hydrogen-bond acceptors (Lipinski definition) is 4. The van der Waals surface area contributed by atoms with Crippen LogP contribution in [0.2, 0.25) is 0 Å². The highest BCUT2D eigenvalue weighted by Crippen LogP contribution is 2.16. The molecule has 1 N–H and O–H groups in total. The SMILES string of the molecule is Cc1ccc(OCCC(=O)N(C)Cc2ncn[nH]2)cc1C. The number of amides is 1. The third-order valence-electron chi connectivity index (χ3n) is 3.34. The number of rotatable bonds is 6. The molecule has 0 saturated heterocycles. The number of hydrogen-bond donors (Lipinski definition) is 1. The van der Waals surface area contributed by atoms with Crippen LogP contribution >= 0.6 is 0 Å². The van der Waals surface area contributed by atoms with E-state index in [-0.39, 0.29) is 5.91 Å². The minimum absolute atomic E-state index is 0.00948. The number of nitrogens with zero attached hydrogens (tertiary/aromatic N) is 3. The maximum Gasteiger partial charge on any atom is 0.226 e. The van der Waals surface area contributed by atoms with Crippen LogP contribution in [0.15, 0.2) is 24.5 Å². The normalized spacial score (nSPS) is 10.4. The van der Waals surface area contributed by atoms with Gasteiger partial charge in [-0.3, -0.25) is 9.89 Å². The highest BCUT2D eigenvalue weighted by molar-refractivity contribution is 5.75. The van der Waals surface area contributed by atoms with Gasteiger partial charge < -0.3 is 9.64 Å². The number of benzene rings is 1. The molecule has 6 heteroatoms. The summed E-state index contributed by atoms with van der Waals surface area (Å²) in [5.41, 5.74) is 2.41. The smallest absolute Gasteiger partial charge is 0.226 e. The Kier molecular flexibility index (Phi) is 4.92. The lowest BCUT2D eigenvalue weighted by Crippen LogP contribution is -2.28. The second kappa shape index (κ2) is 6.88. The summed E-state index contributed by atoms with van der Waals surface area (Å²) in [4.78, 5) is 17.6. The van der Waals surface area contributed by atoms with Gasteiger partial charge in [0.25, 0.3) is 0 Å². The van der Waals surface area contributed by atoms with Gasteiger partial charge in [-0.1, -0.05) is 6.07 Å². The Labute approximate surface area is 124 Å². The average Bonchev–Trinajstić information content (AvgIpc) is 2.95. The first-order chi connectivity index (χ1) is 10.1. The number of H-pyrrole nitrogens is 1. The standard InChI is InChI=1S/C15H20N4O2/c1-11-4-5-13(8-12(11)2)21-7-6-15(20)19(3)9-14-16-10-17-18-14/h4-5,8,10H,6-7,9H2,1-3H3,(H,16,17,18). The van der Waals surface area contributed by atoms with Crippen LogP contribution in [-0.4, -0.2) is 39.6 Å². The Hall–Kier alpha value is -2.37. The van der Waals surface area contributed by atoms with Crippen molar-refractivity contribution in [2.45, 2.75) is 26.8 Å². The van der Waals surface area contributed by atoms with Crippen LogP contribution in [0.1, 0.15) is 23.4 Å². The third kappa shape index (κ3) is 4.30. The van der Waals surface area contributed by atoms with Gasteiger partial charge in [-0.15, -0.1) is 0 Å². The topological polar surface area (TPSA) is 71.1 Å². The molecule has 1 aromatic carbocycles. The summed E-state index contributed by atoms with van der Waals surface area (Å²) in [7, 11) is 1.74. The van der Waals surface area contributed by atoms with Crippen molar-refractivity contribution in [3.63, 3.8) is 0 Å². The van der Waals surface area contributed by atoms with Gasteiger partial charge in [0.05, 0.1) is 19.6 Å². The molecule has 1 heterocycles.